The van der Waals surface area contributed by atoms with Gasteiger partial charge in [-0.05, 0) is 31.2 Å². The number of hydrogen-bond donors (Lipinski definition) is 1. The van der Waals surface area contributed by atoms with Crippen molar-refractivity contribution in [1.29, 1.82) is 0 Å². The number of pyridine rings is 1. The van der Waals surface area contributed by atoms with Gasteiger partial charge >= 0.3 is 0 Å². The number of rotatable bonds is 4. The third-order valence-electron chi connectivity index (χ3n) is 2.82. The highest BCUT2D eigenvalue weighted by Gasteiger charge is 2.11. The van der Waals surface area contributed by atoms with E-state index in [4.69, 9.17) is 9.47 Å². The number of nitrogens with one attached hydrogen (secondary N) is 1. The minimum atomic E-state index is -0.209. The van der Waals surface area contributed by atoms with Crippen molar-refractivity contribution in [3.05, 3.63) is 47.8 Å². The van der Waals surface area contributed by atoms with E-state index in [1.165, 1.54) is 0 Å². The number of aryl methyl sites for hydroxylation is 1. The second-order valence-corrected chi connectivity index (χ2v) is 4.21. The van der Waals surface area contributed by atoms with Gasteiger partial charge in [0, 0.05) is 23.5 Å². The first-order valence-electron chi connectivity index (χ1n) is 6.10. The van der Waals surface area contributed by atoms with Crippen molar-refractivity contribution in [2.45, 2.75) is 6.92 Å². The molecule has 1 aromatic carbocycles. The molecule has 104 valence electrons. The fourth-order valence-electron chi connectivity index (χ4n) is 1.78. The predicted octanol–water partition coefficient (Wildman–Crippen LogP) is 2.66. The van der Waals surface area contributed by atoms with Crippen LogP contribution in [0.1, 0.15) is 16.1 Å². The van der Waals surface area contributed by atoms with Crippen LogP contribution in [0.25, 0.3) is 0 Å². The number of nitrogens with zero attached hydrogens (tertiary/aromatic N) is 1. The van der Waals surface area contributed by atoms with Crippen LogP contribution in [0.5, 0.6) is 11.5 Å². The summed E-state index contributed by atoms with van der Waals surface area (Å²) < 4.78 is 10.4. The molecule has 5 heteroatoms. The average molecular weight is 272 g/mol. The summed E-state index contributed by atoms with van der Waals surface area (Å²) in [6, 6.07) is 8.61. The van der Waals surface area contributed by atoms with E-state index >= 15 is 0 Å². The van der Waals surface area contributed by atoms with Crippen LogP contribution in [-0.2, 0) is 0 Å². The van der Waals surface area contributed by atoms with Crippen molar-refractivity contribution in [3.8, 4) is 11.5 Å². The van der Waals surface area contributed by atoms with E-state index in [0.717, 1.165) is 5.69 Å². The summed E-state index contributed by atoms with van der Waals surface area (Å²) in [6.45, 7) is 1.84. The van der Waals surface area contributed by atoms with Crippen molar-refractivity contribution < 1.29 is 14.3 Å². The number of carbonyl (C=O) groups excluding carboxylic acids is 1. The second kappa shape index (κ2) is 6.06. The Labute approximate surface area is 117 Å². The summed E-state index contributed by atoms with van der Waals surface area (Å²) >= 11 is 0. The summed E-state index contributed by atoms with van der Waals surface area (Å²) in [5.74, 6) is 1.00. The molecule has 0 bridgehead atoms. The number of hydrogen-bond acceptors (Lipinski definition) is 4. The zero-order valence-corrected chi connectivity index (χ0v) is 11.6. The van der Waals surface area contributed by atoms with Crippen molar-refractivity contribution >= 4 is 11.6 Å². The molecule has 0 aliphatic heterocycles. The first kappa shape index (κ1) is 13.9. The van der Waals surface area contributed by atoms with Crippen molar-refractivity contribution in [1.82, 2.24) is 4.98 Å². The van der Waals surface area contributed by atoms with Gasteiger partial charge in [0.05, 0.1) is 19.9 Å². The summed E-state index contributed by atoms with van der Waals surface area (Å²) in [4.78, 5) is 16.2. The van der Waals surface area contributed by atoms with Gasteiger partial charge in [-0.25, -0.2) is 0 Å². The molecule has 2 aromatic rings. The molecule has 0 aliphatic rings. The van der Waals surface area contributed by atoms with Gasteiger partial charge in [-0.3, -0.25) is 9.78 Å². The van der Waals surface area contributed by atoms with Gasteiger partial charge in [-0.15, -0.1) is 0 Å². The molecule has 1 aromatic heterocycles. The van der Waals surface area contributed by atoms with Crippen LogP contribution in [0.15, 0.2) is 36.5 Å². The average Bonchev–Trinajstić information content (AvgIpc) is 2.47. The molecule has 20 heavy (non-hydrogen) atoms. The van der Waals surface area contributed by atoms with Crippen LogP contribution in [0, 0.1) is 6.92 Å². The van der Waals surface area contributed by atoms with Crippen molar-refractivity contribution in [2.75, 3.05) is 19.5 Å². The number of aromatic nitrogens is 1. The largest absolute Gasteiger partial charge is 0.497 e. The number of amides is 1. The Bertz CT molecular complexity index is 626. The Kier molecular flexibility index (Phi) is 4.20. The normalized spacial score (nSPS) is 9.95. The number of benzene rings is 1. The van der Waals surface area contributed by atoms with Crippen LogP contribution in [0.4, 0.5) is 5.69 Å². The van der Waals surface area contributed by atoms with Gasteiger partial charge in [0.15, 0.2) is 0 Å². The fourth-order valence-corrected chi connectivity index (χ4v) is 1.78. The molecule has 0 aliphatic carbocycles. The summed E-state index contributed by atoms with van der Waals surface area (Å²) in [5.41, 5.74) is 1.93. The zero-order valence-electron chi connectivity index (χ0n) is 11.6. The molecule has 5 nitrogen and oxygen atoms in total. The van der Waals surface area contributed by atoms with E-state index in [-0.39, 0.29) is 5.91 Å². The lowest BCUT2D eigenvalue weighted by Gasteiger charge is -2.11. The molecule has 1 N–H and O–H groups in total. The second-order valence-electron chi connectivity index (χ2n) is 4.21. The third-order valence-corrected chi connectivity index (χ3v) is 2.82. The minimum absolute atomic E-state index is 0.209. The number of anilines is 1. The smallest absolute Gasteiger partial charge is 0.255 e. The summed E-state index contributed by atoms with van der Waals surface area (Å²) in [5, 5.41) is 2.81. The molecule has 0 saturated heterocycles. The van der Waals surface area contributed by atoms with Gasteiger partial charge < -0.3 is 14.8 Å². The van der Waals surface area contributed by atoms with Gasteiger partial charge in [-0.2, -0.15) is 0 Å². The monoisotopic (exact) mass is 272 g/mol. The minimum Gasteiger partial charge on any atom is -0.497 e. The highest BCUT2D eigenvalue weighted by molar-refractivity contribution is 6.05. The topological polar surface area (TPSA) is 60.5 Å². The SMILES string of the molecule is COc1ccc(NC(=O)c2ccnc(C)c2)c(OC)c1. The van der Waals surface area contributed by atoms with Crippen molar-refractivity contribution in [3.63, 3.8) is 0 Å². The van der Waals surface area contributed by atoms with Crippen LogP contribution < -0.4 is 14.8 Å². The molecule has 2 rings (SSSR count). The molecule has 0 radical (unpaired) electrons. The van der Waals surface area contributed by atoms with Crippen LogP contribution in [0.2, 0.25) is 0 Å². The molecule has 0 unspecified atom stereocenters. The lowest BCUT2D eigenvalue weighted by atomic mass is 10.2. The van der Waals surface area contributed by atoms with E-state index in [0.29, 0.717) is 22.7 Å². The maximum Gasteiger partial charge on any atom is 0.255 e. The van der Waals surface area contributed by atoms with Gasteiger partial charge in [0.25, 0.3) is 5.91 Å². The molecular formula is C15H16N2O3. The number of methoxy groups -OCH3 is 2. The quantitative estimate of drug-likeness (QED) is 0.929. The number of ether oxygens (including phenoxy) is 2. The van der Waals surface area contributed by atoms with Crippen LogP contribution in [-0.4, -0.2) is 25.1 Å². The van der Waals surface area contributed by atoms with E-state index < -0.39 is 0 Å². The molecule has 0 atom stereocenters. The highest BCUT2D eigenvalue weighted by Crippen LogP contribution is 2.29. The van der Waals surface area contributed by atoms with Crippen LogP contribution in [0.3, 0.4) is 0 Å². The van der Waals surface area contributed by atoms with Gasteiger partial charge in [-0.1, -0.05) is 0 Å². The predicted molar refractivity (Wildman–Crippen MR) is 76.5 cm³/mol. The maximum atomic E-state index is 12.2. The van der Waals surface area contributed by atoms with E-state index in [9.17, 15) is 4.79 Å². The molecular weight excluding hydrogens is 256 g/mol. The molecule has 1 amide bonds. The first-order chi connectivity index (χ1) is 9.63. The summed E-state index contributed by atoms with van der Waals surface area (Å²) in [6.07, 6.45) is 1.61. The lowest BCUT2D eigenvalue weighted by molar-refractivity contribution is 0.102. The Hall–Kier alpha value is -2.56. The summed E-state index contributed by atoms with van der Waals surface area (Å²) in [7, 11) is 3.12. The van der Waals surface area contributed by atoms with E-state index in [1.807, 2.05) is 6.92 Å². The Morgan fingerprint density at radius 2 is 1.95 bits per heavy atom. The van der Waals surface area contributed by atoms with Gasteiger partial charge in [0.2, 0.25) is 0 Å². The molecule has 0 saturated carbocycles. The van der Waals surface area contributed by atoms with Crippen LogP contribution >= 0.6 is 0 Å². The third kappa shape index (κ3) is 3.06. The molecule has 0 fully saturated rings. The Morgan fingerprint density at radius 1 is 1.15 bits per heavy atom. The molecule has 1 heterocycles. The Balaban J connectivity index is 2.23. The van der Waals surface area contributed by atoms with Crippen molar-refractivity contribution in [2.24, 2.45) is 0 Å². The van der Waals surface area contributed by atoms with Gasteiger partial charge in [0.1, 0.15) is 11.5 Å². The standard InChI is InChI=1S/C15H16N2O3/c1-10-8-11(6-7-16-10)15(18)17-13-5-4-12(19-2)9-14(13)20-3/h4-9H,1-3H3,(H,17,18). The lowest BCUT2D eigenvalue weighted by Crippen LogP contribution is -2.13. The fraction of sp³-hybridized carbons (Fsp3) is 0.200. The number of carbonyl (C=O) groups is 1. The molecule has 0 spiro atoms. The zero-order chi connectivity index (χ0) is 14.5. The van der Waals surface area contributed by atoms with E-state index in [1.54, 1.807) is 50.7 Å². The maximum absolute atomic E-state index is 12.2. The first-order valence-corrected chi connectivity index (χ1v) is 6.10. The Morgan fingerprint density at radius 3 is 2.60 bits per heavy atom. The van der Waals surface area contributed by atoms with E-state index in [2.05, 4.69) is 10.3 Å². The highest BCUT2D eigenvalue weighted by atomic mass is 16.5.